The largest absolute Gasteiger partial charge is 0.494 e. The van der Waals surface area contributed by atoms with Crippen molar-refractivity contribution in [1.29, 1.82) is 0 Å². The molecule has 0 bridgehead atoms. The number of methoxy groups -OCH3 is 1. The standard InChI is InChI=1S/C27H28N2O6/c1-4-16-34-23-11-7-20(8-12-23)26(30)29-28-18-19-6-15-24(25(17-19)32-3)35-27(31)21-9-13-22(14-10-21)33-5-2/h6-15,17-18H,4-5,16H2,1-3H3,(H,29,30). The van der Waals surface area contributed by atoms with Crippen molar-refractivity contribution < 1.29 is 28.5 Å². The van der Waals surface area contributed by atoms with Gasteiger partial charge < -0.3 is 18.9 Å². The van der Waals surface area contributed by atoms with Crippen LogP contribution in [-0.2, 0) is 0 Å². The summed E-state index contributed by atoms with van der Waals surface area (Å²) in [7, 11) is 1.47. The zero-order chi connectivity index (χ0) is 25.0. The minimum atomic E-state index is -0.522. The Labute approximate surface area is 204 Å². The first-order valence-electron chi connectivity index (χ1n) is 11.2. The lowest BCUT2D eigenvalue weighted by molar-refractivity contribution is 0.0729. The molecule has 0 saturated heterocycles. The van der Waals surface area contributed by atoms with Crippen LogP contribution in [0, 0.1) is 0 Å². The molecule has 0 aromatic heterocycles. The Balaban J connectivity index is 1.60. The zero-order valence-electron chi connectivity index (χ0n) is 19.9. The Hall–Kier alpha value is -4.33. The van der Waals surface area contributed by atoms with Crippen LogP contribution in [-0.4, -0.2) is 38.4 Å². The molecule has 3 rings (SSSR count). The van der Waals surface area contributed by atoms with E-state index in [0.29, 0.717) is 47.2 Å². The molecular formula is C27H28N2O6. The van der Waals surface area contributed by atoms with Gasteiger partial charge in [0.1, 0.15) is 11.5 Å². The van der Waals surface area contributed by atoms with Crippen molar-refractivity contribution in [1.82, 2.24) is 5.43 Å². The first kappa shape index (κ1) is 25.3. The van der Waals surface area contributed by atoms with Gasteiger partial charge in [-0.1, -0.05) is 6.92 Å². The van der Waals surface area contributed by atoms with Crippen LogP contribution < -0.4 is 24.4 Å². The highest BCUT2D eigenvalue weighted by Gasteiger charge is 2.13. The van der Waals surface area contributed by atoms with Gasteiger partial charge in [-0.25, -0.2) is 10.2 Å². The molecule has 0 aliphatic heterocycles. The lowest BCUT2D eigenvalue weighted by Gasteiger charge is -2.10. The first-order valence-corrected chi connectivity index (χ1v) is 11.2. The summed E-state index contributed by atoms with van der Waals surface area (Å²) in [4.78, 5) is 24.8. The highest BCUT2D eigenvalue weighted by molar-refractivity contribution is 5.95. The zero-order valence-corrected chi connectivity index (χ0v) is 19.9. The van der Waals surface area contributed by atoms with Crippen molar-refractivity contribution in [3.8, 4) is 23.0 Å². The summed E-state index contributed by atoms with van der Waals surface area (Å²) >= 11 is 0. The Bertz CT molecular complexity index is 1160. The van der Waals surface area contributed by atoms with Gasteiger partial charge in [-0.3, -0.25) is 4.79 Å². The molecule has 182 valence electrons. The van der Waals surface area contributed by atoms with Crippen LogP contribution in [0.1, 0.15) is 46.5 Å². The van der Waals surface area contributed by atoms with Gasteiger partial charge in [0, 0.05) is 5.56 Å². The van der Waals surface area contributed by atoms with Crippen LogP contribution >= 0.6 is 0 Å². The van der Waals surface area contributed by atoms with E-state index in [1.807, 2.05) is 13.8 Å². The van der Waals surface area contributed by atoms with Crippen molar-refractivity contribution >= 4 is 18.1 Å². The molecule has 0 radical (unpaired) electrons. The Morgan fingerprint density at radius 3 is 2.14 bits per heavy atom. The number of hydrogen-bond acceptors (Lipinski definition) is 7. The third kappa shape index (κ3) is 7.33. The molecule has 8 heteroatoms. The summed E-state index contributed by atoms with van der Waals surface area (Å²) in [5, 5.41) is 4.00. The summed E-state index contributed by atoms with van der Waals surface area (Å²) in [5.74, 6) is 1.13. The Morgan fingerprint density at radius 2 is 1.51 bits per heavy atom. The van der Waals surface area contributed by atoms with E-state index >= 15 is 0 Å². The van der Waals surface area contributed by atoms with Crippen LogP contribution in [0.5, 0.6) is 23.0 Å². The van der Waals surface area contributed by atoms with E-state index in [4.69, 9.17) is 18.9 Å². The predicted octanol–water partition coefficient (Wildman–Crippen LogP) is 4.87. The Morgan fingerprint density at radius 1 is 0.857 bits per heavy atom. The second kappa shape index (κ2) is 12.8. The molecule has 0 spiro atoms. The molecule has 1 amide bonds. The smallest absolute Gasteiger partial charge is 0.343 e. The van der Waals surface area contributed by atoms with Gasteiger partial charge in [-0.15, -0.1) is 0 Å². The average molecular weight is 477 g/mol. The van der Waals surface area contributed by atoms with Crippen molar-refractivity contribution in [2.24, 2.45) is 5.10 Å². The number of nitrogens with one attached hydrogen (secondary N) is 1. The predicted molar refractivity (Wildman–Crippen MR) is 133 cm³/mol. The van der Waals surface area contributed by atoms with Gasteiger partial charge in [-0.05, 0) is 85.6 Å². The van der Waals surface area contributed by atoms with E-state index in [2.05, 4.69) is 10.5 Å². The quantitative estimate of drug-likeness (QED) is 0.184. The molecule has 35 heavy (non-hydrogen) atoms. The number of benzene rings is 3. The molecule has 0 heterocycles. The van der Waals surface area contributed by atoms with Gasteiger partial charge in [0.25, 0.3) is 5.91 Å². The van der Waals surface area contributed by atoms with E-state index in [1.165, 1.54) is 13.3 Å². The number of hydrogen-bond donors (Lipinski definition) is 1. The summed E-state index contributed by atoms with van der Waals surface area (Å²) < 4.78 is 21.7. The molecule has 0 fully saturated rings. The van der Waals surface area contributed by atoms with Crippen LogP contribution in [0.25, 0.3) is 0 Å². The first-order chi connectivity index (χ1) is 17.0. The maximum Gasteiger partial charge on any atom is 0.343 e. The summed E-state index contributed by atoms with van der Waals surface area (Å²) in [6.45, 7) is 5.08. The molecule has 0 saturated carbocycles. The number of carbonyl (C=O) groups is 2. The summed E-state index contributed by atoms with van der Waals surface area (Å²) in [6, 6.07) is 18.5. The number of ether oxygens (including phenoxy) is 4. The van der Waals surface area contributed by atoms with Gasteiger partial charge in [-0.2, -0.15) is 5.10 Å². The van der Waals surface area contributed by atoms with Gasteiger partial charge in [0.15, 0.2) is 11.5 Å². The van der Waals surface area contributed by atoms with Crippen LogP contribution in [0.3, 0.4) is 0 Å². The molecule has 1 N–H and O–H groups in total. The van der Waals surface area contributed by atoms with E-state index in [0.717, 1.165) is 6.42 Å². The molecule has 0 unspecified atom stereocenters. The maximum atomic E-state index is 12.5. The topological polar surface area (TPSA) is 95.5 Å². The fourth-order valence-corrected chi connectivity index (χ4v) is 3.01. The average Bonchev–Trinajstić information content (AvgIpc) is 2.89. The molecule has 3 aromatic rings. The lowest BCUT2D eigenvalue weighted by Crippen LogP contribution is -2.17. The van der Waals surface area contributed by atoms with Crippen molar-refractivity contribution in [3.05, 3.63) is 83.4 Å². The van der Waals surface area contributed by atoms with Crippen LogP contribution in [0.2, 0.25) is 0 Å². The minimum Gasteiger partial charge on any atom is -0.494 e. The van der Waals surface area contributed by atoms with Crippen LogP contribution in [0.15, 0.2) is 71.8 Å². The number of rotatable bonds is 11. The van der Waals surface area contributed by atoms with Crippen LogP contribution in [0.4, 0.5) is 0 Å². The van der Waals surface area contributed by atoms with Crippen molar-refractivity contribution in [2.75, 3.05) is 20.3 Å². The number of esters is 1. The Kier molecular flexibility index (Phi) is 9.24. The third-order valence-electron chi connectivity index (χ3n) is 4.76. The number of carbonyl (C=O) groups excluding carboxylic acids is 2. The fourth-order valence-electron chi connectivity index (χ4n) is 3.01. The molecule has 0 aliphatic rings. The molecule has 8 nitrogen and oxygen atoms in total. The molecule has 3 aromatic carbocycles. The van der Waals surface area contributed by atoms with Crippen molar-refractivity contribution in [2.45, 2.75) is 20.3 Å². The van der Waals surface area contributed by atoms with E-state index in [-0.39, 0.29) is 11.7 Å². The van der Waals surface area contributed by atoms with E-state index < -0.39 is 5.97 Å². The third-order valence-corrected chi connectivity index (χ3v) is 4.76. The highest BCUT2D eigenvalue weighted by atomic mass is 16.6. The number of hydrazone groups is 1. The van der Waals surface area contributed by atoms with E-state index in [9.17, 15) is 9.59 Å². The molecule has 0 atom stereocenters. The summed E-state index contributed by atoms with van der Waals surface area (Å²) in [5.41, 5.74) is 3.97. The number of amides is 1. The summed E-state index contributed by atoms with van der Waals surface area (Å²) in [6.07, 6.45) is 2.38. The number of nitrogens with zero attached hydrogens (tertiary/aromatic N) is 1. The lowest BCUT2D eigenvalue weighted by atomic mass is 10.2. The SMILES string of the molecule is CCCOc1ccc(C(=O)NN=Cc2ccc(OC(=O)c3ccc(OCC)cc3)c(OC)c2)cc1. The molecular weight excluding hydrogens is 448 g/mol. The maximum absolute atomic E-state index is 12.5. The second-order valence-corrected chi connectivity index (χ2v) is 7.33. The van der Waals surface area contributed by atoms with Gasteiger partial charge >= 0.3 is 5.97 Å². The van der Waals surface area contributed by atoms with Gasteiger partial charge in [0.2, 0.25) is 0 Å². The van der Waals surface area contributed by atoms with E-state index in [1.54, 1.807) is 66.7 Å². The van der Waals surface area contributed by atoms with Crippen molar-refractivity contribution in [3.63, 3.8) is 0 Å². The molecule has 0 aliphatic carbocycles. The normalized spacial score (nSPS) is 10.6. The van der Waals surface area contributed by atoms with Gasteiger partial charge in [0.05, 0.1) is 32.1 Å². The minimum absolute atomic E-state index is 0.262. The second-order valence-electron chi connectivity index (χ2n) is 7.33. The monoisotopic (exact) mass is 476 g/mol. The highest BCUT2D eigenvalue weighted by Crippen LogP contribution is 2.28. The fraction of sp³-hybridized carbons (Fsp3) is 0.222.